The lowest BCUT2D eigenvalue weighted by Gasteiger charge is -2.69. The Morgan fingerprint density at radius 1 is 0.742 bits per heavy atom. The molecular formula is C57H81N3O4S2. The fraction of sp³-hybridized carbons (Fsp3) is 0.632. The second-order valence-electron chi connectivity index (χ2n) is 21.6. The Morgan fingerprint density at radius 3 is 1.86 bits per heavy atom. The molecular weight excluding hydrogens is 855 g/mol. The van der Waals surface area contributed by atoms with Crippen molar-refractivity contribution in [1.29, 1.82) is 5.26 Å². The number of carbonyl (C=O) groups is 4. The summed E-state index contributed by atoms with van der Waals surface area (Å²) in [4.78, 5) is 55.2. The number of allylic oxidation sites excluding steroid dienone is 16. The van der Waals surface area contributed by atoms with Gasteiger partial charge in [-0.25, -0.2) is 0 Å². The van der Waals surface area contributed by atoms with Crippen molar-refractivity contribution in [2.75, 3.05) is 24.6 Å². The highest BCUT2D eigenvalue weighted by Gasteiger charge is 2.70. The summed E-state index contributed by atoms with van der Waals surface area (Å²) in [7, 11) is 3.43. The number of ketones is 2. The maximum Gasteiger partial charge on any atom is 0.226 e. The molecule has 0 unspecified atom stereocenters. The van der Waals surface area contributed by atoms with Crippen LogP contribution in [-0.4, -0.2) is 48.0 Å². The molecule has 9 heteroatoms. The van der Waals surface area contributed by atoms with E-state index in [1.807, 2.05) is 26.0 Å². The number of fused-ring (bicyclic) bond motifs is 7. The summed E-state index contributed by atoms with van der Waals surface area (Å²) >= 11 is 0. The van der Waals surface area contributed by atoms with Crippen molar-refractivity contribution in [2.45, 2.75) is 152 Å². The number of nitriles is 1. The molecule has 66 heavy (non-hydrogen) atoms. The van der Waals surface area contributed by atoms with Crippen molar-refractivity contribution in [2.24, 2.45) is 50.2 Å². The fourth-order valence-corrected chi connectivity index (χ4v) is 14.5. The largest absolute Gasteiger partial charge is 0.355 e. The van der Waals surface area contributed by atoms with Gasteiger partial charge in [0, 0.05) is 47.8 Å². The molecule has 2 N–H and O–H groups in total. The van der Waals surface area contributed by atoms with E-state index in [-0.39, 0.29) is 63.0 Å². The van der Waals surface area contributed by atoms with Gasteiger partial charge in [0.1, 0.15) is 6.07 Å². The van der Waals surface area contributed by atoms with E-state index >= 15 is 0 Å². The molecule has 7 nitrogen and oxygen atoms in total. The van der Waals surface area contributed by atoms with Crippen LogP contribution in [0.2, 0.25) is 0 Å². The Labute approximate surface area is 406 Å². The van der Waals surface area contributed by atoms with Crippen LogP contribution in [-0.2, 0) is 19.2 Å². The van der Waals surface area contributed by atoms with Crippen molar-refractivity contribution < 1.29 is 19.2 Å². The second kappa shape index (κ2) is 23.6. The molecule has 2 amide bonds. The van der Waals surface area contributed by atoms with Crippen LogP contribution in [0, 0.1) is 61.6 Å². The predicted octanol–water partition coefficient (Wildman–Crippen LogP) is 13.3. The molecule has 0 saturated heterocycles. The van der Waals surface area contributed by atoms with E-state index < -0.39 is 16.2 Å². The highest BCUT2D eigenvalue weighted by Crippen LogP contribution is 2.74. The topological polar surface area (TPSA) is 116 Å². The molecule has 0 aromatic carbocycles. The molecule has 0 aromatic rings. The SMILES string of the molecule is CC/C=C\C/C=C\C/C=C\C/C=C\C/C=C\C/C=C\CCC(=O)NCCSSCCNC(=O)[C@]12CCC(C)(C)C[C@@H]1[C@H]1C(=O)C=C3[C@@]4(C)C=C(C#N)C(=O)C(C)(C)[C@@H]4CC[C@@]3(C)[C@]1(C)CC2. The van der Waals surface area contributed by atoms with Gasteiger partial charge in [-0.2, -0.15) is 5.26 Å². The van der Waals surface area contributed by atoms with Crippen LogP contribution in [0.1, 0.15) is 152 Å². The van der Waals surface area contributed by atoms with E-state index in [1.54, 1.807) is 21.6 Å². The fourth-order valence-electron chi connectivity index (χ4n) is 12.7. The first-order valence-electron chi connectivity index (χ1n) is 25.1. The molecule has 360 valence electrons. The average molecular weight is 936 g/mol. The summed E-state index contributed by atoms with van der Waals surface area (Å²) in [6.45, 7) is 18.7. The van der Waals surface area contributed by atoms with Gasteiger partial charge in [0.15, 0.2) is 11.6 Å². The zero-order valence-corrected chi connectivity index (χ0v) is 43.3. The summed E-state index contributed by atoms with van der Waals surface area (Å²) < 4.78 is 0. The van der Waals surface area contributed by atoms with Gasteiger partial charge in [-0.15, -0.1) is 0 Å². The molecule has 0 radical (unpaired) electrons. The van der Waals surface area contributed by atoms with Crippen LogP contribution in [0.4, 0.5) is 0 Å². The van der Waals surface area contributed by atoms with E-state index in [0.717, 1.165) is 107 Å². The lowest BCUT2D eigenvalue weighted by Crippen LogP contribution is -2.66. The monoisotopic (exact) mass is 936 g/mol. The third-order valence-electron chi connectivity index (χ3n) is 16.5. The summed E-state index contributed by atoms with van der Waals surface area (Å²) in [5.41, 5.74) is -1.20. The normalized spacial score (nSPS) is 31.5. The average Bonchev–Trinajstić information content (AvgIpc) is 3.27. The van der Waals surface area contributed by atoms with E-state index in [2.05, 4.69) is 131 Å². The maximum absolute atomic E-state index is 14.9. The van der Waals surface area contributed by atoms with Gasteiger partial charge in [0.05, 0.1) is 11.0 Å². The van der Waals surface area contributed by atoms with Crippen LogP contribution in [0.3, 0.4) is 0 Å². The third-order valence-corrected chi connectivity index (χ3v) is 18.9. The summed E-state index contributed by atoms with van der Waals surface area (Å²) in [6.07, 6.45) is 42.9. The molecule has 5 rings (SSSR count). The van der Waals surface area contributed by atoms with Gasteiger partial charge in [0.25, 0.3) is 0 Å². The lowest BCUT2D eigenvalue weighted by molar-refractivity contribution is -0.178. The van der Waals surface area contributed by atoms with Gasteiger partial charge in [0.2, 0.25) is 11.8 Å². The Kier molecular flexibility index (Phi) is 19.1. The number of nitrogens with zero attached hydrogens (tertiary/aromatic N) is 1. The first-order valence-corrected chi connectivity index (χ1v) is 27.6. The van der Waals surface area contributed by atoms with Gasteiger partial charge >= 0.3 is 0 Å². The van der Waals surface area contributed by atoms with Gasteiger partial charge in [-0.05, 0) is 124 Å². The highest BCUT2D eigenvalue weighted by atomic mass is 33.1. The molecule has 0 bridgehead atoms. The minimum atomic E-state index is -0.700. The Balaban J connectivity index is 1.02. The zero-order chi connectivity index (χ0) is 48.1. The lowest BCUT2D eigenvalue weighted by atomic mass is 9.34. The molecule has 3 fully saturated rings. The van der Waals surface area contributed by atoms with E-state index in [4.69, 9.17) is 0 Å². The van der Waals surface area contributed by atoms with E-state index in [1.165, 1.54) is 0 Å². The van der Waals surface area contributed by atoms with Crippen molar-refractivity contribution in [3.05, 3.63) is 96.2 Å². The minimum Gasteiger partial charge on any atom is -0.355 e. The summed E-state index contributed by atoms with van der Waals surface area (Å²) in [5, 5.41) is 16.4. The number of hydrogen-bond donors (Lipinski definition) is 2. The molecule has 3 saturated carbocycles. The van der Waals surface area contributed by atoms with Crippen LogP contribution in [0.5, 0.6) is 0 Å². The number of rotatable bonds is 22. The number of hydrogen-bond acceptors (Lipinski definition) is 7. The quantitative estimate of drug-likeness (QED) is 0.0631. The van der Waals surface area contributed by atoms with Crippen LogP contribution < -0.4 is 10.6 Å². The van der Waals surface area contributed by atoms with Crippen LogP contribution in [0.25, 0.3) is 0 Å². The van der Waals surface area contributed by atoms with Crippen molar-refractivity contribution in [3.8, 4) is 6.07 Å². The molecule has 0 heterocycles. The first kappa shape index (κ1) is 53.3. The molecule has 5 aliphatic carbocycles. The van der Waals surface area contributed by atoms with E-state index in [0.29, 0.717) is 19.5 Å². The Bertz CT molecular complexity index is 2050. The second-order valence-corrected chi connectivity index (χ2v) is 24.3. The molecule has 0 aromatic heterocycles. The van der Waals surface area contributed by atoms with Crippen molar-refractivity contribution >= 4 is 45.0 Å². The van der Waals surface area contributed by atoms with Crippen molar-refractivity contribution in [3.63, 3.8) is 0 Å². The zero-order valence-electron chi connectivity index (χ0n) is 41.6. The molecule has 7 atom stereocenters. The summed E-state index contributed by atoms with van der Waals surface area (Å²) in [6, 6.07) is 2.21. The highest BCUT2D eigenvalue weighted by molar-refractivity contribution is 8.76. The van der Waals surface area contributed by atoms with Gasteiger partial charge < -0.3 is 10.6 Å². The number of amides is 2. The Morgan fingerprint density at radius 2 is 1.29 bits per heavy atom. The van der Waals surface area contributed by atoms with Crippen molar-refractivity contribution in [1.82, 2.24) is 10.6 Å². The maximum atomic E-state index is 14.9. The summed E-state index contributed by atoms with van der Waals surface area (Å²) in [5.74, 6) is 1.44. The van der Waals surface area contributed by atoms with E-state index in [9.17, 15) is 24.4 Å². The third kappa shape index (κ3) is 12.0. The number of nitrogens with one attached hydrogen (secondary N) is 2. The standard InChI is InChI=1S/C57H81N3O4S2/c1-9-10-11-12-13-14-15-16-17-18-19-20-21-22-23-24-25-26-27-28-48(62)59-35-37-65-66-38-36-60-51(64)57-33-31-52(2,3)41-44(57)49-45(61)39-47-54(6)40-43(42-58)50(63)53(4,5)46(54)29-30-55(47,7)56(49,8)32-34-57/h10-11,13-14,16-17,19-20,22-23,25-26,39-40,44,46,49H,9,12,15,18,21,24,27-38,41H2,1-8H3,(H,59,62)(H,60,64)/b11-10-,14-13-,17-16-,20-19-,23-22-,26-25-/t44-,46+,49+,54+,55-,56-,57+/m1/s1. The molecule has 0 aliphatic heterocycles. The Hall–Kier alpha value is -3.61. The number of Topliss-reactive ketones (excluding diaryl/α,β-unsaturated/α-hetero) is 1. The molecule has 0 spiro atoms. The predicted molar refractivity (Wildman–Crippen MR) is 277 cm³/mol. The smallest absolute Gasteiger partial charge is 0.226 e. The molecule has 5 aliphatic rings. The van der Waals surface area contributed by atoms with Gasteiger partial charge in [-0.1, -0.05) is 162 Å². The minimum absolute atomic E-state index is 0.00309. The number of carbonyl (C=O) groups excluding carboxylic acids is 4. The van der Waals surface area contributed by atoms with Crippen LogP contribution >= 0.6 is 21.6 Å². The first-order chi connectivity index (χ1) is 31.4. The van der Waals surface area contributed by atoms with Crippen LogP contribution in [0.15, 0.2) is 96.2 Å². The van der Waals surface area contributed by atoms with Gasteiger partial charge in [-0.3, -0.25) is 19.2 Å².